The molecule has 2 aromatic heterocycles. The Labute approximate surface area is 128 Å². The lowest BCUT2D eigenvalue weighted by atomic mass is 10.0. The Balaban J connectivity index is 2.03. The molecular weight excluding hydrogens is 318 g/mol. The van der Waals surface area contributed by atoms with Crippen molar-refractivity contribution in [2.75, 3.05) is 5.73 Å². The van der Waals surface area contributed by atoms with Crippen molar-refractivity contribution >= 4 is 17.0 Å². The molecule has 126 valence electrons. The van der Waals surface area contributed by atoms with E-state index in [0.717, 1.165) is 17.2 Å². The summed E-state index contributed by atoms with van der Waals surface area (Å²) >= 11 is 0. The van der Waals surface area contributed by atoms with E-state index in [2.05, 4.69) is 15.0 Å². The molecule has 0 spiro atoms. The van der Waals surface area contributed by atoms with Gasteiger partial charge in [-0.25, -0.2) is 15.0 Å². The number of halogens is 4. The quantitative estimate of drug-likeness (QED) is 0.871. The molecule has 0 unspecified atom stereocenters. The molecule has 2 N–H and O–H groups in total. The Bertz CT molecular complexity index is 719. The highest BCUT2D eigenvalue weighted by Gasteiger charge is 2.72. The molecule has 0 radical (unpaired) electrons. The number of nitrogens with two attached hydrogens (primary N) is 1. The van der Waals surface area contributed by atoms with Crippen molar-refractivity contribution in [3.05, 3.63) is 12.7 Å². The third-order valence-corrected chi connectivity index (χ3v) is 3.91. The van der Waals surface area contributed by atoms with E-state index in [-0.39, 0.29) is 23.4 Å². The number of hydrogen-bond acceptors (Lipinski definition) is 5. The van der Waals surface area contributed by atoms with Crippen LogP contribution in [0.3, 0.4) is 0 Å². The summed E-state index contributed by atoms with van der Waals surface area (Å²) in [6.07, 6.45) is -1.23. The number of unbranched alkanes of at least 4 members (excludes halogenated alkanes) is 1. The topological polar surface area (TPSA) is 78.9 Å². The Kier molecular flexibility index (Phi) is 3.66. The number of aromatic nitrogens is 4. The Morgan fingerprint density at radius 1 is 1.22 bits per heavy atom. The second-order valence-electron chi connectivity index (χ2n) is 5.45. The molecule has 1 aliphatic rings. The zero-order chi connectivity index (χ0) is 16.8. The second-order valence-corrected chi connectivity index (χ2v) is 5.45. The summed E-state index contributed by atoms with van der Waals surface area (Å²) in [5, 5.41) is 0. The van der Waals surface area contributed by atoms with Crippen molar-refractivity contribution in [3.63, 3.8) is 0 Å². The van der Waals surface area contributed by atoms with E-state index in [0.29, 0.717) is 12.8 Å². The Hall–Kier alpha value is -1.97. The first-order valence-corrected chi connectivity index (χ1v) is 7.14. The molecule has 23 heavy (non-hydrogen) atoms. The molecule has 2 aromatic rings. The SMILES string of the molecule is CCCC[C@H]1O[C@@H](n2cnc3c(N)ncnc32)C(F)(F)C1(F)F. The third kappa shape index (κ3) is 2.23. The first-order chi connectivity index (χ1) is 10.8. The molecule has 0 aromatic carbocycles. The van der Waals surface area contributed by atoms with E-state index in [1.165, 1.54) is 0 Å². The molecule has 0 bridgehead atoms. The van der Waals surface area contributed by atoms with Crippen molar-refractivity contribution in [3.8, 4) is 0 Å². The predicted molar refractivity (Wildman–Crippen MR) is 73.1 cm³/mol. The number of imidazole rings is 1. The summed E-state index contributed by atoms with van der Waals surface area (Å²) < 4.78 is 62.4. The minimum Gasteiger partial charge on any atom is -0.382 e. The van der Waals surface area contributed by atoms with Crippen LogP contribution in [0.25, 0.3) is 11.2 Å². The lowest BCUT2D eigenvalue weighted by Gasteiger charge is -2.23. The largest absolute Gasteiger partial charge is 0.382 e. The number of fused-ring (bicyclic) bond motifs is 1. The molecule has 2 atom stereocenters. The van der Waals surface area contributed by atoms with Crippen LogP contribution in [0, 0.1) is 0 Å². The Morgan fingerprint density at radius 3 is 2.65 bits per heavy atom. The van der Waals surface area contributed by atoms with E-state index in [1.807, 2.05) is 0 Å². The maximum Gasteiger partial charge on any atom is 0.356 e. The van der Waals surface area contributed by atoms with Gasteiger partial charge < -0.3 is 10.5 Å². The summed E-state index contributed by atoms with van der Waals surface area (Å²) in [6.45, 7) is 1.78. The molecule has 1 aliphatic heterocycles. The van der Waals surface area contributed by atoms with Crippen LogP contribution in [0.5, 0.6) is 0 Å². The smallest absolute Gasteiger partial charge is 0.356 e. The lowest BCUT2D eigenvalue weighted by Crippen LogP contribution is -2.45. The maximum atomic E-state index is 14.3. The molecule has 0 aliphatic carbocycles. The number of anilines is 1. The van der Waals surface area contributed by atoms with Crippen LogP contribution in [-0.4, -0.2) is 37.5 Å². The molecule has 1 saturated heterocycles. The van der Waals surface area contributed by atoms with Crippen molar-refractivity contribution in [1.82, 2.24) is 19.5 Å². The monoisotopic (exact) mass is 333 g/mol. The average Bonchev–Trinajstić information content (AvgIpc) is 2.98. The molecule has 3 heterocycles. The first kappa shape index (κ1) is 15.9. The zero-order valence-corrected chi connectivity index (χ0v) is 12.2. The highest BCUT2D eigenvalue weighted by Crippen LogP contribution is 2.54. The van der Waals surface area contributed by atoms with E-state index in [9.17, 15) is 17.6 Å². The van der Waals surface area contributed by atoms with Gasteiger partial charge in [-0.3, -0.25) is 4.57 Å². The maximum absolute atomic E-state index is 14.3. The lowest BCUT2D eigenvalue weighted by molar-refractivity contribution is -0.207. The van der Waals surface area contributed by atoms with Crippen LogP contribution >= 0.6 is 0 Å². The van der Waals surface area contributed by atoms with Gasteiger partial charge in [-0.1, -0.05) is 19.8 Å². The number of nitrogen functional groups attached to an aromatic ring is 1. The van der Waals surface area contributed by atoms with Crippen LogP contribution < -0.4 is 5.73 Å². The van der Waals surface area contributed by atoms with E-state index in [4.69, 9.17) is 10.5 Å². The summed E-state index contributed by atoms with van der Waals surface area (Å²) in [6, 6.07) is 0. The van der Waals surface area contributed by atoms with Gasteiger partial charge in [0.05, 0.1) is 6.33 Å². The van der Waals surface area contributed by atoms with Crippen LogP contribution in [0.2, 0.25) is 0 Å². The van der Waals surface area contributed by atoms with E-state index >= 15 is 0 Å². The van der Waals surface area contributed by atoms with Crippen molar-refractivity contribution < 1.29 is 22.3 Å². The fourth-order valence-electron chi connectivity index (χ4n) is 2.63. The van der Waals surface area contributed by atoms with Gasteiger partial charge in [0.25, 0.3) is 0 Å². The molecule has 3 rings (SSSR count). The van der Waals surface area contributed by atoms with Gasteiger partial charge in [-0.05, 0) is 6.42 Å². The van der Waals surface area contributed by atoms with E-state index < -0.39 is 24.2 Å². The summed E-state index contributed by atoms with van der Waals surface area (Å²) in [4.78, 5) is 11.3. The summed E-state index contributed by atoms with van der Waals surface area (Å²) in [5.74, 6) is -8.69. The highest BCUT2D eigenvalue weighted by atomic mass is 19.3. The number of ether oxygens (including phenoxy) is 1. The van der Waals surface area contributed by atoms with Crippen LogP contribution in [0.4, 0.5) is 23.4 Å². The molecule has 0 amide bonds. The number of rotatable bonds is 4. The molecule has 1 fully saturated rings. The summed E-state index contributed by atoms with van der Waals surface area (Å²) in [7, 11) is 0. The van der Waals surface area contributed by atoms with E-state index in [1.54, 1.807) is 6.92 Å². The zero-order valence-electron chi connectivity index (χ0n) is 12.2. The first-order valence-electron chi connectivity index (χ1n) is 7.14. The standard InChI is InChI=1S/C13H15F4N5O/c1-2-3-4-7-12(14,15)13(16,17)11(23-7)22-6-21-8-9(18)19-5-20-10(8)22/h5-7,11H,2-4H2,1H3,(H2,18,19,20)/t7-,11-/m1/s1. The number of nitrogens with zero attached hydrogens (tertiary/aromatic N) is 4. The minimum atomic E-state index is -4.39. The van der Waals surface area contributed by atoms with Gasteiger partial charge in [0.1, 0.15) is 17.9 Å². The average molecular weight is 333 g/mol. The van der Waals surface area contributed by atoms with Crippen LogP contribution in [-0.2, 0) is 4.74 Å². The number of alkyl halides is 4. The minimum absolute atomic E-state index is 0.0237. The van der Waals surface area contributed by atoms with Crippen molar-refractivity contribution in [1.29, 1.82) is 0 Å². The van der Waals surface area contributed by atoms with Crippen molar-refractivity contribution in [2.24, 2.45) is 0 Å². The normalized spacial score (nSPS) is 26.0. The van der Waals surface area contributed by atoms with Crippen molar-refractivity contribution in [2.45, 2.75) is 50.4 Å². The highest BCUT2D eigenvalue weighted by molar-refractivity contribution is 5.81. The molecule has 6 nitrogen and oxygen atoms in total. The summed E-state index contributed by atoms with van der Waals surface area (Å²) in [5.41, 5.74) is 5.57. The van der Waals surface area contributed by atoms with Gasteiger partial charge >= 0.3 is 11.8 Å². The van der Waals surface area contributed by atoms with Gasteiger partial charge in [-0.15, -0.1) is 0 Å². The number of hydrogen-bond donors (Lipinski definition) is 1. The van der Waals surface area contributed by atoms with Gasteiger partial charge in [0.15, 0.2) is 11.5 Å². The van der Waals surface area contributed by atoms with Gasteiger partial charge in [0.2, 0.25) is 6.23 Å². The van der Waals surface area contributed by atoms with Gasteiger partial charge in [0, 0.05) is 0 Å². The van der Waals surface area contributed by atoms with Gasteiger partial charge in [-0.2, -0.15) is 17.6 Å². The Morgan fingerprint density at radius 2 is 1.96 bits per heavy atom. The van der Waals surface area contributed by atoms with Crippen LogP contribution in [0.15, 0.2) is 12.7 Å². The second kappa shape index (κ2) is 5.29. The fraction of sp³-hybridized carbons (Fsp3) is 0.615. The predicted octanol–water partition coefficient (Wildman–Crippen LogP) is 2.77. The molecule has 10 heteroatoms. The fourth-order valence-corrected chi connectivity index (χ4v) is 2.63. The third-order valence-electron chi connectivity index (χ3n) is 3.91. The molecule has 0 saturated carbocycles. The molecular formula is C13H15F4N5O. The van der Waals surface area contributed by atoms with Crippen LogP contribution in [0.1, 0.15) is 32.4 Å².